The molecule has 0 unspecified atom stereocenters. The Morgan fingerprint density at radius 3 is 2.59 bits per heavy atom. The minimum absolute atomic E-state index is 0.198. The average Bonchev–Trinajstić information content (AvgIpc) is 2.85. The Morgan fingerprint density at radius 2 is 1.82 bits per heavy atom. The molecule has 2 aromatic carbocycles. The molecule has 3 rings (SSSR count). The number of hydrogen-bond donors (Lipinski definition) is 1. The van der Waals surface area contributed by atoms with E-state index < -0.39 is 0 Å². The van der Waals surface area contributed by atoms with Gasteiger partial charge in [-0.25, -0.2) is 4.99 Å². The quantitative estimate of drug-likeness (QED) is 0.785. The summed E-state index contributed by atoms with van der Waals surface area (Å²) in [4.78, 5) is 16.9. The van der Waals surface area contributed by atoms with Crippen LogP contribution >= 0.6 is 35.0 Å². The van der Waals surface area contributed by atoms with Crippen LogP contribution in [0.25, 0.3) is 6.08 Å². The maximum atomic E-state index is 12.0. The van der Waals surface area contributed by atoms with Crippen LogP contribution in [0, 0.1) is 0 Å². The number of benzene rings is 2. The molecule has 0 aliphatic carbocycles. The van der Waals surface area contributed by atoms with Crippen molar-refractivity contribution < 1.29 is 4.79 Å². The number of aliphatic imine (C=N–C) groups is 1. The number of amides is 1. The number of thioether (sulfide) groups is 1. The molecule has 6 heteroatoms. The Bertz CT molecular complexity index is 788. The van der Waals surface area contributed by atoms with Crippen molar-refractivity contribution in [3.63, 3.8) is 0 Å². The second kappa shape index (κ2) is 6.57. The maximum Gasteiger partial charge on any atom is 0.264 e. The fraction of sp³-hybridized carbons (Fsp3) is 0. The molecule has 0 spiro atoms. The van der Waals surface area contributed by atoms with Gasteiger partial charge in [0.25, 0.3) is 5.91 Å². The van der Waals surface area contributed by atoms with Crippen LogP contribution in [0.2, 0.25) is 10.0 Å². The van der Waals surface area contributed by atoms with E-state index in [1.807, 2.05) is 30.3 Å². The van der Waals surface area contributed by atoms with Crippen molar-refractivity contribution in [2.24, 2.45) is 4.99 Å². The third-order valence-electron chi connectivity index (χ3n) is 2.91. The molecule has 3 nitrogen and oxygen atoms in total. The van der Waals surface area contributed by atoms with Gasteiger partial charge in [-0.15, -0.1) is 0 Å². The highest BCUT2D eigenvalue weighted by Crippen LogP contribution is 2.32. The number of nitrogens with zero attached hydrogens (tertiary/aromatic N) is 1. The Hall–Kier alpha value is -1.75. The first-order chi connectivity index (χ1) is 10.6. The lowest BCUT2D eigenvalue weighted by Crippen LogP contribution is -2.19. The van der Waals surface area contributed by atoms with E-state index in [0.29, 0.717) is 25.7 Å². The molecule has 2 aromatic rings. The van der Waals surface area contributed by atoms with Crippen LogP contribution in [0.1, 0.15) is 5.56 Å². The summed E-state index contributed by atoms with van der Waals surface area (Å²) < 4.78 is 0. The summed E-state index contributed by atoms with van der Waals surface area (Å²) in [6, 6.07) is 14.7. The van der Waals surface area contributed by atoms with Gasteiger partial charge >= 0.3 is 0 Å². The largest absolute Gasteiger partial charge is 0.300 e. The van der Waals surface area contributed by atoms with Crippen molar-refractivity contribution in [3.05, 3.63) is 69.0 Å². The SMILES string of the molecule is O=C1NC(=Nc2ccccc2)S/C1=C/c1cccc(Cl)c1Cl. The van der Waals surface area contributed by atoms with Crippen molar-refractivity contribution >= 4 is 57.8 Å². The molecule has 0 saturated carbocycles. The van der Waals surface area contributed by atoms with E-state index >= 15 is 0 Å². The number of carbonyl (C=O) groups excluding carboxylic acids is 1. The van der Waals surface area contributed by atoms with Gasteiger partial charge in [-0.3, -0.25) is 4.79 Å². The summed E-state index contributed by atoms with van der Waals surface area (Å²) in [6.07, 6.45) is 1.71. The Balaban J connectivity index is 1.88. The molecule has 1 heterocycles. The van der Waals surface area contributed by atoms with Gasteiger partial charge in [0, 0.05) is 0 Å². The lowest BCUT2D eigenvalue weighted by atomic mass is 10.2. The molecule has 0 aromatic heterocycles. The van der Waals surface area contributed by atoms with Crippen molar-refractivity contribution in [3.8, 4) is 0 Å². The van der Waals surface area contributed by atoms with Crippen molar-refractivity contribution in [1.82, 2.24) is 5.32 Å². The summed E-state index contributed by atoms with van der Waals surface area (Å²) >= 11 is 13.4. The number of nitrogens with one attached hydrogen (secondary N) is 1. The maximum absolute atomic E-state index is 12.0. The molecule has 0 bridgehead atoms. The number of halogens is 2. The van der Waals surface area contributed by atoms with E-state index in [1.165, 1.54) is 11.8 Å². The minimum Gasteiger partial charge on any atom is -0.300 e. The molecule has 110 valence electrons. The molecule has 1 fully saturated rings. The van der Waals surface area contributed by atoms with E-state index in [4.69, 9.17) is 23.2 Å². The number of para-hydroxylation sites is 1. The first-order valence-electron chi connectivity index (χ1n) is 6.42. The van der Waals surface area contributed by atoms with Crippen LogP contribution in [0.3, 0.4) is 0 Å². The second-order valence-electron chi connectivity index (χ2n) is 4.46. The fourth-order valence-electron chi connectivity index (χ4n) is 1.87. The van der Waals surface area contributed by atoms with Gasteiger partial charge in [-0.1, -0.05) is 53.5 Å². The molecule has 1 aliphatic heterocycles. The molecule has 0 radical (unpaired) electrons. The van der Waals surface area contributed by atoms with Crippen LogP contribution < -0.4 is 5.32 Å². The van der Waals surface area contributed by atoms with E-state index in [-0.39, 0.29) is 5.91 Å². The third kappa shape index (κ3) is 3.35. The van der Waals surface area contributed by atoms with E-state index in [1.54, 1.807) is 24.3 Å². The standard InChI is InChI=1S/C16H10Cl2N2OS/c17-12-8-4-5-10(14(12)18)9-13-15(21)20-16(22-13)19-11-6-2-1-3-7-11/h1-9H,(H,19,20,21)/b13-9+. The highest BCUT2D eigenvalue weighted by Gasteiger charge is 2.24. The van der Waals surface area contributed by atoms with Crippen LogP contribution in [-0.4, -0.2) is 11.1 Å². The predicted octanol–water partition coefficient (Wildman–Crippen LogP) is 4.89. The summed E-state index contributed by atoms with van der Waals surface area (Å²) in [6.45, 7) is 0. The van der Waals surface area contributed by atoms with Gasteiger partial charge in [-0.05, 0) is 41.6 Å². The number of carbonyl (C=O) groups is 1. The van der Waals surface area contributed by atoms with Crippen LogP contribution in [0.15, 0.2) is 58.4 Å². The Morgan fingerprint density at radius 1 is 1.05 bits per heavy atom. The van der Waals surface area contributed by atoms with Crippen molar-refractivity contribution in [2.45, 2.75) is 0 Å². The van der Waals surface area contributed by atoms with Gasteiger partial charge in [0.15, 0.2) is 5.17 Å². The van der Waals surface area contributed by atoms with Gasteiger partial charge < -0.3 is 5.32 Å². The number of amidine groups is 1. The molecule has 0 atom stereocenters. The lowest BCUT2D eigenvalue weighted by molar-refractivity contribution is -0.115. The molecule has 1 amide bonds. The summed E-state index contributed by atoms with van der Waals surface area (Å²) in [5.74, 6) is -0.198. The lowest BCUT2D eigenvalue weighted by Gasteiger charge is -2.00. The average molecular weight is 349 g/mol. The van der Waals surface area contributed by atoms with Crippen LogP contribution in [0.4, 0.5) is 5.69 Å². The van der Waals surface area contributed by atoms with Crippen LogP contribution in [0.5, 0.6) is 0 Å². The first-order valence-corrected chi connectivity index (χ1v) is 7.99. The smallest absolute Gasteiger partial charge is 0.264 e. The van der Waals surface area contributed by atoms with Crippen LogP contribution in [-0.2, 0) is 4.79 Å². The van der Waals surface area contributed by atoms with Gasteiger partial charge in [0.1, 0.15) is 0 Å². The summed E-state index contributed by atoms with van der Waals surface area (Å²) in [5.41, 5.74) is 1.49. The summed E-state index contributed by atoms with van der Waals surface area (Å²) in [5, 5.41) is 4.16. The number of rotatable bonds is 2. The molecule has 1 N–H and O–H groups in total. The van der Waals surface area contributed by atoms with E-state index in [0.717, 1.165) is 5.69 Å². The monoisotopic (exact) mass is 348 g/mol. The Kier molecular flexibility index (Phi) is 4.52. The number of hydrogen-bond acceptors (Lipinski definition) is 3. The van der Waals surface area contributed by atoms with Gasteiger partial charge in [-0.2, -0.15) is 0 Å². The molecular weight excluding hydrogens is 339 g/mol. The third-order valence-corrected chi connectivity index (χ3v) is 4.65. The molecule has 1 saturated heterocycles. The normalized spacial score (nSPS) is 18.0. The second-order valence-corrected chi connectivity index (χ2v) is 6.28. The zero-order valence-corrected chi connectivity index (χ0v) is 13.5. The van der Waals surface area contributed by atoms with Gasteiger partial charge in [0.2, 0.25) is 0 Å². The first kappa shape index (κ1) is 15.2. The predicted molar refractivity (Wildman–Crippen MR) is 93.7 cm³/mol. The highest BCUT2D eigenvalue weighted by atomic mass is 35.5. The van der Waals surface area contributed by atoms with Crippen molar-refractivity contribution in [2.75, 3.05) is 0 Å². The van der Waals surface area contributed by atoms with Crippen molar-refractivity contribution in [1.29, 1.82) is 0 Å². The minimum atomic E-state index is -0.198. The summed E-state index contributed by atoms with van der Waals surface area (Å²) in [7, 11) is 0. The zero-order valence-electron chi connectivity index (χ0n) is 11.2. The Labute approximate surface area is 142 Å². The topological polar surface area (TPSA) is 41.5 Å². The van der Waals surface area contributed by atoms with E-state index in [9.17, 15) is 4.79 Å². The fourth-order valence-corrected chi connectivity index (χ4v) is 3.07. The van der Waals surface area contributed by atoms with E-state index in [2.05, 4.69) is 10.3 Å². The molecule has 22 heavy (non-hydrogen) atoms. The highest BCUT2D eigenvalue weighted by molar-refractivity contribution is 8.18. The zero-order chi connectivity index (χ0) is 15.5. The molecular formula is C16H10Cl2N2OS. The van der Waals surface area contributed by atoms with Gasteiger partial charge in [0.05, 0.1) is 20.6 Å². The molecule has 1 aliphatic rings.